The Bertz CT molecular complexity index is 1630. The number of hydrogen-bond acceptors (Lipinski definition) is 7. The zero-order chi connectivity index (χ0) is 27.5. The van der Waals surface area contributed by atoms with E-state index in [1.165, 1.54) is 10.9 Å². The van der Waals surface area contributed by atoms with Gasteiger partial charge in [0.25, 0.3) is 5.91 Å². The van der Waals surface area contributed by atoms with Crippen LogP contribution in [0.4, 0.5) is 5.82 Å². The Balaban J connectivity index is 1.51. The van der Waals surface area contributed by atoms with Crippen LogP contribution in [0.5, 0.6) is 11.5 Å². The van der Waals surface area contributed by atoms with Gasteiger partial charge in [-0.3, -0.25) is 13.9 Å². The van der Waals surface area contributed by atoms with E-state index in [1.807, 2.05) is 50.2 Å². The molecule has 1 aliphatic heterocycles. The van der Waals surface area contributed by atoms with Gasteiger partial charge in [-0.1, -0.05) is 38.1 Å². The first-order valence-electron chi connectivity index (χ1n) is 12.8. The second-order valence-corrected chi connectivity index (χ2v) is 9.81. The molecule has 0 radical (unpaired) electrons. The molecule has 1 saturated heterocycles. The average molecular weight is 524 g/mol. The molecule has 1 amide bonds. The lowest BCUT2D eigenvalue weighted by molar-refractivity contribution is -0.128. The number of benzene rings is 2. The molecule has 0 bridgehead atoms. The summed E-state index contributed by atoms with van der Waals surface area (Å²) in [5.41, 5.74) is 7.43. The van der Waals surface area contributed by atoms with Crippen molar-refractivity contribution in [2.75, 3.05) is 18.8 Å². The molecule has 1 aliphatic rings. The summed E-state index contributed by atoms with van der Waals surface area (Å²) in [5.74, 6) is 1.24. The van der Waals surface area contributed by atoms with Gasteiger partial charge in [-0.25, -0.2) is 14.8 Å². The van der Waals surface area contributed by atoms with Gasteiger partial charge in [0.2, 0.25) is 0 Å². The number of fused-ring (bicyclic) bond motifs is 1. The van der Waals surface area contributed by atoms with Crippen LogP contribution in [0.25, 0.3) is 16.9 Å². The van der Waals surface area contributed by atoms with E-state index >= 15 is 0 Å². The minimum absolute atomic E-state index is 0.0638. The number of nitriles is 1. The predicted molar refractivity (Wildman–Crippen MR) is 147 cm³/mol. The number of nitrogens with two attached hydrogens (primary N) is 1. The van der Waals surface area contributed by atoms with Gasteiger partial charge in [-0.15, -0.1) is 0 Å². The fraction of sp³-hybridized carbons (Fsp3) is 0.276. The van der Waals surface area contributed by atoms with E-state index in [9.17, 15) is 14.9 Å². The lowest BCUT2D eigenvalue weighted by atomic mass is 10.0. The summed E-state index contributed by atoms with van der Waals surface area (Å²) >= 11 is 0. The molecule has 2 aromatic carbocycles. The van der Waals surface area contributed by atoms with Crippen LogP contribution in [0.2, 0.25) is 0 Å². The number of likely N-dealkylation sites (tertiary alicyclic amines) is 1. The molecule has 10 nitrogen and oxygen atoms in total. The van der Waals surface area contributed by atoms with Crippen LogP contribution >= 0.6 is 0 Å². The highest BCUT2D eigenvalue weighted by molar-refractivity contribution is 5.97. The maximum absolute atomic E-state index is 13.9. The highest BCUT2D eigenvalue weighted by Gasteiger charge is 2.31. The zero-order valence-corrected chi connectivity index (χ0v) is 21.8. The SMILES string of the molecule is CC(C)C=C(C#N)C(=O)N1CCC[C@H](n2c(=O)n(-c3ccc(Oc4ccccc4)cc3)c3c(N)ncnc32)C1. The fourth-order valence-corrected chi connectivity index (χ4v) is 4.93. The third-order valence-corrected chi connectivity index (χ3v) is 6.65. The summed E-state index contributed by atoms with van der Waals surface area (Å²) in [6, 6.07) is 18.2. The molecule has 198 valence electrons. The monoisotopic (exact) mass is 523 g/mol. The van der Waals surface area contributed by atoms with Crippen LogP contribution in [0.3, 0.4) is 0 Å². The Labute approximate surface area is 225 Å². The number of ether oxygens (including phenoxy) is 1. The number of allylic oxidation sites excluding steroid dienone is 1. The number of para-hydroxylation sites is 1. The third kappa shape index (κ3) is 5.11. The number of rotatable bonds is 6. The Morgan fingerprint density at radius 2 is 1.85 bits per heavy atom. The summed E-state index contributed by atoms with van der Waals surface area (Å²) in [6.07, 6.45) is 4.36. The first-order valence-corrected chi connectivity index (χ1v) is 12.8. The molecule has 39 heavy (non-hydrogen) atoms. The van der Waals surface area contributed by atoms with E-state index in [2.05, 4.69) is 9.97 Å². The summed E-state index contributed by atoms with van der Waals surface area (Å²) in [4.78, 5) is 37.2. The molecular weight excluding hydrogens is 494 g/mol. The summed E-state index contributed by atoms with van der Waals surface area (Å²) < 4.78 is 8.98. The van der Waals surface area contributed by atoms with Crippen LogP contribution < -0.4 is 16.2 Å². The Hall–Kier alpha value is -4.91. The molecule has 2 N–H and O–H groups in total. The van der Waals surface area contributed by atoms with Crippen molar-refractivity contribution in [3.05, 3.63) is 83.1 Å². The quantitative estimate of drug-likeness (QED) is 0.295. The van der Waals surface area contributed by atoms with Crippen molar-refractivity contribution in [2.45, 2.75) is 32.7 Å². The number of piperidine rings is 1. The Kier molecular flexibility index (Phi) is 7.14. The van der Waals surface area contributed by atoms with Gasteiger partial charge in [0.05, 0.1) is 11.7 Å². The minimum atomic E-state index is -0.340. The normalized spacial score (nSPS) is 15.9. The lowest BCUT2D eigenvalue weighted by Gasteiger charge is -2.33. The lowest BCUT2D eigenvalue weighted by Crippen LogP contribution is -2.43. The second-order valence-electron chi connectivity index (χ2n) is 9.81. The van der Waals surface area contributed by atoms with E-state index in [0.29, 0.717) is 47.7 Å². The van der Waals surface area contributed by atoms with Crippen molar-refractivity contribution in [3.8, 4) is 23.3 Å². The van der Waals surface area contributed by atoms with Crippen molar-refractivity contribution < 1.29 is 9.53 Å². The molecule has 5 rings (SSSR count). The number of nitrogen functional groups attached to an aromatic ring is 1. The molecule has 1 fully saturated rings. The Morgan fingerprint density at radius 1 is 1.13 bits per heavy atom. The molecule has 0 saturated carbocycles. The number of carbonyl (C=O) groups is 1. The summed E-state index contributed by atoms with van der Waals surface area (Å²) in [6.45, 7) is 4.63. The van der Waals surface area contributed by atoms with Crippen molar-refractivity contribution in [3.63, 3.8) is 0 Å². The second kappa shape index (κ2) is 10.8. The number of aromatic nitrogens is 4. The van der Waals surface area contributed by atoms with Crippen LogP contribution in [0.1, 0.15) is 32.7 Å². The van der Waals surface area contributed by atoms with Gasteiger partial charge in [0.15, 0.2) is 11.5 Å². The summed E-state index contributed by atoms with van der Waals surface area (Å²) in [7, 11) is 0. The van der Waals surface area contributed by atoms with Gasteiger partial charge >= 0.3 is 5.69 Å². The number of amides is 1. The molecule has 10 heteroatoms. The van der Waals surface area contributed by atoms with Crippen molar-refractivity contribution in [1.82, 2.24) is 24.0 Å². The predicted octanol–water partition coefficient (Wildman–Crippen LogP) is 4.23. The average Bonchev–Trinajstić information content (AvgIpc) is 3.25. The van der Waals surface area contributed by atoms with Crippen molar-refractivity contribution in [2.24, 2.45) is 5.92 Å². The van der Waals surface area contributed by atoms with Crippen LogP contribution in [-0.4, -0.2) is 43.0 Å². The van der Waals surface area contributed by atoms with Gasteiger partial charge in [0.1, 0.15) is 35.0 Å². The van der Waals surface area contributed by atoms with E-state index in [4.69, 9.17) is 10.5 Å². The molecule has 0 aliphatic carbocycles. The highest BCUT2D eigenvalue weighted by atomic mass is 16.5. The van der Waals surface area contributed by atoms with E-state index in [1.54, 1.807) is 39.8 Å². The largest absolute Gasteiger partial charge is 0.457 e. The van der Waals surface area contributed by atoms with Gasteiger partial charge in [-0.05, 0) is 55.2 Å². The van der Waals surface area contributed by atoms with Crippen LogP contribution in [0, 0.1) is 17.2 Å². The zero-order valence-electron chi connectivity index (χ0n) is 21.8. The van der Waals surface area contributed by atoms with E-state index in [0.717, 1.165) is 0 Å². The molecule has 1 atom stereocenters. The number of imidazole rings is 1. The highest BCUT2D eigenvalue weighted by Crippen LogP contribution is 2.29. The number of nitrogens with zero attached hydrogens (tertiary/aromatic N) is 6. The van der Waals surface area contributed by atoms with E-state index in [-0.39, 0.29) is 41.5 Å². The molecule has 4 aromatic rings. The fourth-order valence-electron chi connectivity index (χ4n) is 4.93. The molecule has 3 heterocycles. The van der Waals surface area contributed by atoms with Crippen LogP contribution in [-0.2, 0) is 4.79 Å². The van der Waals surface area contributed by atoms with Crippen molar-refractivity contribution >= 4 is 22.9 Å². The number of anilines is 1. The third-order valence-electron chi connectivity index (χ3n) is 6.65. The van der Waals surface area contributed by atoms with Gasteiger partial charge in [-0.2, -0.15) is 5.26 Å². The number of hydrogen-bond donors (Lipinski definition) is 1. The van der Waals surface area contributed by atoms with Crippen molar-refractivity contribution in [1.29, 1.82) is 5.26 Å². The summed E-state index contributed by atoms with van der Waals surface area (Å²) in [5, 5.41) is 9.54. The molecule has 0 unspecified atom stereocenters. The standard InChI is InChI=1S/C29H29N7O3/c1-19(2)15-20(16-30)28(37)34-14-6-7-22(17-34)36-27-25(26(31)32-18-33-27)35(29(36)38)21-10-12-24(13-11-21)39-23-8-4-3-5-9-23/h3-5,8-13,15,18-19,22H,6-7,14,17H2,1-2H3,(H2,31,32,33)/t22-/m0/s1. The maximum Gasteiger partial charge on any atom is 0.335 e. The topological polar surface area (TPSA) is 132 Å². The first-order chi connectivity index (χ1) is 18.9. The first kappa shape index (κ1) is 25.7. The van der Waals surface area contributed by atoms with E-state index < -0.39 is 0 Å². The Morgan fingerprint density at radius 3 is 2.54 bits per heavy atom. The maximum atomic E-state index is 13.9. The van der Waals surface area contributed by atoms with Gasteiger partial charge < -0.3 is 15.4 Å². The molecule has 2 aromatic heterocycles. The smallest absolute Gasteiger partial charge is 0.335 e. The number of carbonyl (C=O) groups excluding carboxylic acids is 1. The van der Waals surface area contributed by atoms with Crippen LogP contribution in [0.15, 0.2) is 77.4 Å². The minimum Gasteiger partial charge on any atom is -0.457 e. The molecular formula is C29H29N7O3. The molecule has 0 spiro atoms. The van der Waals surface area contributed by atoms with Gasteiger partial charge in [0, 0.05) is 13.1 Å².